The van der Waals surface area contributed by atoms with Crippen molar-refractivity contribution in [3.8, 4) is 11.3 Å². The van der Waals surface area contributed by atoms with E-state index in [1.807, 2.05) is 61.5 Å². The summed E-state index contributed by atoms with van der Waals surface area (Å²) < 4.78 is 0. The maximum Gasteiger partial charge on any atom is 0.247 e. The summed E-state index contributed by atoms with van der Waals surface area (Å²) in [6, 6.07) is 29.9. The standard InChI is InChI=1S/C33H33N5O/c1-4-33(39)36-28-12-8-11-27(20-28)30-18-25(17-24-9-6-5-7-10-24)19-32(37-30)38-31(35)21-29(34)23(3)26-15-13-22(2)14-16-26/h4-16,18-21,23H,1,17,34H2,2-3H3,(H,36,39)(H2,35,37,38)/b29-21-. The number of amidine groups is 1. The summed E-state index contributed by atoms with van der Waals surface area (Å²) in [5.41, 5.74) is 20.1. The summed E-state index contributed by atoms with van der Waals surface area (Å²) in [5, 5.41) is 2.80. The molecule has 4 aromatic rings. The van der Waals surface area contributed by atoms with Crippen LogP contribution in [0.1, 0.15) is 35.1 Å². The molecule has 0 aliphatic heterocycles. The number of allylic oxidation sites excluding steroid dienone is 1. The zero-order valence-corrected chi connectivity index (χ0v) is 22.3. The summed E-state index contributed by atoms with van der Waals surface area (Å²) >= 11 is 0. The van der Waals surface area contributed by atoms with Gasteiger partial charge >= 0.3 is 0 Å². The summed E-state index contributed by atoms with van der Waals surface area (Å²) in [5.74, 6) is 0.457. The molecule has 39 heavy (non-hydrogen) atoms. The van der Waals surface area contributed by atoms with E-state index in [2.05, 4.69) is 60.2 Å². The van der Waals surface area contributed by atoms with E-state index in [1.54, 1.807) is 6.08 Å². The van der Waals surface area contributed by atoms with Crippen LogP contribution in [-0.4, -0.2) is 16.7 Å². The van der Waals surface area contributed by atoms with Crippen LogP contribution in [0.15, 0.2) is 120 Å². The Morgan fingerprint density at radius 2 is 1.72 bits per heavy atom. The van der Waals surface area contributed by atoms with Crippen molar-refractivity contribution in [3.05, 3.63) is 138 Å². The molecular formula is C33H33N5O. The number of amides is 1. The molecular weight excluding hydrogens is 482 g/mol. The Kier molecular flexibility index (Phi) is 8.69. The molecule has 1 heterocycles. The number of nitrogens with one attached hydrogen (secondary N) is 1. The largest absolute Gasteiger partial charge is 0.401 e. The highest BCUT2D eigenvalue weighted by Gasteiger charge is 2.11. The molecule has 1 aromatic heterocycles. The number of benzene rings is 3. The van der Waals surface area contributed by atoms with Gasteiger partial charge < -0.3 is 16.8 Å². The van der Waals surface area contributed by atoms with Crippen LogP contribution >= 0.6 is 0 Å². The van der Waals surface area contributed by atoms with Crippen LogP contribution in [0.4, 0.5) is 11.5 Å². The lowest BCUT2D eigenvalue weighted by Crippen LogP contribution is -2.15. The van der Waals surface area contributed by atoms with Gasteiger partial charge in [-0.1, -0.05) is 85.8 Å². The fourth-order valence-electron chi connectivity index (χ4n) is 4.17. The minimum Gasteiger partial charge on any atom is -0.401 e. The lowest BCUT2D eigenvalue weighted by atomic mass is 9.97. The number of pyridine rings is 1. The average molecular weight is 516 g/mol. The maximum absolute atomic E-state index is 11.8. The van der Waals surface area contributed by atoms with Crippen LogP contribution < -0.4 is 16.8 Å². The van der Waals surface area contributed by atoms with Crippen molar-refractivity contribution >= 4 is 23.2 Å². The second kappa shape index (κ2) is 12.5. The molecule has 6 heteroatoms. The third-order valence-corrected chi connectivity index (χ3v) is 6.37. The van der Waals surface area contributed by atoms with Gasteiger partial charge in [-0.05, 0) is 66.5 Å². The first kappa shape index (κ1) is 27.1. The second-order valence-electron chi connectivity index (χ2n) is 9.47. The van der Waals surface area contributed by atoms with Gasteiger partial charge in [-0.25, -0.2) is 9.98 Å². The molecule has 0 saturated heterocycles. The van der Waals surface area contributed by atoms with Gasteiger partial charge in [-0.3, -0.25) is 4.79 Å². The number of anilines is 1. The lowest BCUT2D eigenvalue weighted by molar-refractivity contribution is -0.111. The Labute approximate surface area is 229 Å². The van der Waals surface area contributed by atoms with Crippen molar-refractivity contribution in [3.63, 3.8) is 0 Å². The number of carbonyl (C=O) groups excluding carboxylic acids is 1. The van der Waals surface area contributed by atoms with E-state index in [0.29, 0.717) is 23.6 Å². The zero-order chi connectivity index (χ0) is 27.8. The Morgan fingerprint density at radius 1 is 0.974 bits per heavy atom. The number of nitrogens with two attached hydrogens (primary N) is 2. The van der Waals surface area contributed by atoms with Crippen LogP contribution in [0.2, 0.25) is 0 Å². The quantitative estimate of drug-likeness (QED) is 0.136. The molecule has 0 spiro atoms. The highest BCUT2D eigenvalue weighted by atomic mass is 16.1. The molecule has 6 nitrogen and oxygen atoms in total. The van der Waals surface area contributed by atoms with Crippen molar-refractivity contribution in [2.45, 2.75) is 26.2 Å². The monoisotopic (exact) mass is 515 g/mol. The fraction of sp³-hybridized carbons (Fsp3) is 0.121. The molecule has 4 rings (SSSR count). The van der Waals surface area contributed by atoms with E-state index in [9.17, 15) is 4.79 Å². The van der Waals surface area contributed by atoms with Gasteiger partial charge in [0.05, 0.1) is 5.69 Å². The summed E-state index contributed by atoms with van der Waals surface area (Å²) in [6.07, 6.45) is 3.63. The Balaban J connectivity index is 1.69. The van der Waals surface area contributed by atoms with Crippen LogP contribution in [0.25, 0.3) is 11.3 Å². The number of nitrogens with zero attached hydrogens (tertiary/aromatic N) is 2. The van der Waals surface area contributed by atoms with E-state index in [1.165, 1.54) is 17.2 Å². The highest BCUT2D eigenvalue weighted by Crippen LogP contribution is 2.27. The van der Waals surface area contributed by atoms with Gasteiger partial charge in [0.2, 0.25) is 5.91 Å². The predicted molar refractivity (Wildman–Crippen MR) is 161 cm³/mol. The summed E-state index contributed by atoms with van der Waals surface area (Å²) in [6.45, 7) is 7.61. The average Bonchev–Trinajstić information content (AvgIpc) is 2.93. The molecule has 0 bridgehead atoms. The Bertz CT molecular complexity index is 1520. The van der Waals surface area contributed by atoms with Crippen molar-refractivity contribution in [2.24, 2.45) is 16.5 Å². The first-order valence-corrected chi connectivity index (χ1v) is 12.8. The normalized spacial score (nSPS) is 12.6. The molecule has 0 fully saturated rings. The van der Waals surface area contributed by atoms with Gasteiger partial charge in [0.1, 0.15) is 5.84 Å². The number of aromatic nitrogens is 1. The van der Waals surface area contributed by atoms with E-state index >= 15 is 0 Å². The van der Waals surface area contributed by atoms with Gasteiger partial charge in [-0.2, -0.15) is 0 Å². The molecule has 0 saturated carbocycles. The van der Waals surface area contributed by atoms with Crippen LogP contribution in [0.5, 0.6) is 0 Å². The highest BCUT2D eigenvalue weighted by molar-refractivity contribution is 5.99. The van der Waals surface area contributed by atoms with Crippen LogP contribution in [0.3, 0.4) is 0 Å². The molecule has 5 N–H and O–H groups in total. The number of hydrogen-bond donors (Lipinski definition) is 3. The molecule has 1 amide bonds. The van der Waals surface area contributed by atoms with Gasteiger partial charge in [0, 0.05) is 22.9 Å². The number of aliphatic imine (C=N–C) groups is 1. The second-order valence-corrected chi connectivity index (χ2v) is 9.47. The minimum absolute atomic E-state index is 0.0131. The van der Waals surface area contributed by atoms with Gasteiger partial charge in [-0.15, -0.1) is 0 Å². The van der Waals surface area contributed by atoms with E-state index < -0.39 is 0 Å². The molecule has 0 radical (unpaired) electrons. The first-order valence-electron chi connectivity index (χ1n) is 12.8. The number of carbonyl (C=O) groups is 1. The molecule has 196 valence electrons. The van der Waals surface area contributed by atoms with Gasteiger partial charge in [0.15, 0.2) is 5.82 Å². The van der Waals surface area contributed by atoms with Crippen molar-refractivity contribution in [2.75, 3.05) is 5.32 Å². The molecule has 0 aliphatic carbocycles. The molecule has 3 aromatic carbocycles. The molecule has 1 atom stereocenters. The third kappa shape index (κ3) is 7.52. The van der Waals surface area contributed by atoms with E-state index in [0.717, 1.165) is 22.4 Å². The topological polar surface area (TPSA) is 106 Å². The first-order chi connectivity index (χ1) is 18.8. The lowest BCUT2D eigenvalue weighted by Gasteiger charge is -2.13. The zero-order valence-electron chi connectivity index (χ0n) is 22.3. The van der Waals surface area contributed by atoms with Crippen molar-refractivity contribution in [1.29, 1.82) is 0 Å². The van der Waals surface area contributed by atoms with E-state index in [4.69, 9.17) is 16.5 Å². The predicted octanol–water partition coefficient (Wildman–Crippen LogP) is 6.41. The van der Waals surface area contributed by atoms with E-state index in [-0.39, 0.29) is 17.7 Å². The summed E-state index contributed by atoms with van der Waals surface area (Å²) in [7, 11) is 0. The summed E-state index contributed by atoms with van der Waals surface area (Å²) in [4.78, 5) is 21.2. The Hall–Kier alpha value is -4.97. The molecule has 0 aliphatic rings. The third-order valence-electron chi connectivity index (χ3n) is 6.37. The van der Waals surface area contributed by atoms with Crippen molar-refractivity contribution in [1.82, 2.24) is 4.98 Å². The fourth-order valence-corrected chi connectivity index (χ4v) is 4.17. The van der Waals surface area contributed by atoms with Crippen molar-refractivity contribution < 1.29 is 4.79 Å². The number of hydrogen-bond acceptors (Lipinski definition) is 4. The van der Waals surface area contributed by atoms with Crippen LogP contribution in [-0.2, 0) is 11.2 Å². The van der Waals surface area contributed by atoms with Gasteiger partial charge in [0.25, 0.3) is 0 Å². The van der Waals surface area contributed by atoms with Crippen LogP contribution in [0, 0.1) is 6.92 Å². The minimum atomic E-state index is -0.278. The smallest absolute Gasteiger partial charge is 0.247 e. The molecule has 1 unspecified atom stereocenters. The Morgan fingerprint density at radius 3 is 2.44 bits per heavy atom. The number of aryl methyl sites for hydroxylation is 1. The SMILES string of the molecule is C=CC(=O)Nc1cccc(-c2cc(Cc3ccccc3)cc(N=C(N)/C=C(\N)C(C)c3ccc(C)cc3)n2)c1. The number of rotatable bonds is 9. The maximum atomic E-state index is 11.8.